The Morgan fingerprint density at radius 1 is 1.24 bits per heavy atom. The van der Waals surface area contributed by atoms with Gasteiger partial charge in [0.15, 0.2) is 0 Å². The maximum Gasteiger partial charge on any atom is 0.214 e. The minimum Gasteiger partial charge on any atom is -0.393 e. The highest BCUT2D eigenvalue weighted by atomic mass is 32.2. The number of aliphatic hydroxyl groups excluding tert-OH is 1. The number of sulfonamides is 1. The molecule has 0 aromatic rings. The summed E-state index contributed by atoms with van der Waals surface area (Å²) < 4.78 is 26.1. The van der Waals surface area contributed by atoms with Gasteiger partial charge in [-0.25, -0.2) is 12.7 Å². The van der Waals surface area contributed by atoms with Crippen LogP contribution in [0.3, 0.4) is 0 Å². The molecular weight excluding hydrogens is 238 g/mol. The molecule has 1 heterocycles. The molecule has 0 radical (unpaired) electrons. The average molecular weight is 261 g/mol. The van der Waals surface area contributed by atoms with Crippen LogP contribution in [0.5, 0.6) is 0 Å². The van der Waals surface area contributed by atoms with E-state index in [0.29, 0.717) is 19.0 Å². The second-order valence-electron chi connectivity index (χ2n) is 6.70. The van der Waals surface area contributed by atoms with Gasteiger partial charge < -0.3 is 5.11 Å². The average Bonchev–Trinajstić information content (AvgIpc) is 2.64. The Bertz CT molecular complexity index is 385. The van der Waals surface area contributed by atoms with Crippen molar-refractivity contribution in [1.82, 2.24) is 4.31 Å². The number of aliphatic hydroxyl groups is 1. The number of hydrogen-bond acceptors (Lipinski definition) is 3. The molecule has 5 heteroatoms. The zero-order chi connectivity index (χ0) is 12.8. The lowest BCUT2D eigenvalue weighted by molar-refractivity contribution is 0.129. The smallest absolute Gasteiger partial charge is 0.214 e. The van der Waals surface area contributed by atoms with Crippen LogP contribution in [0.2, 0.25) is 0 Å². The van der Waals surface area contributed by atoms with Crippen molar-refractivity contribution in [1.29, 1.82) is 0 Å². The van der Waals surface area contributed by atoms with E-state index in [1.54, 1.807) is 4.31 Å². The molecule has 1 saturated carbocycles. The Balaban J connectivity index is 2.06. The zero-order valence-electron chi connectivity index (χ0n) is 10.9. The topological polar surface area (TPSA) is 57.6 Å². The molecule has 0 bridgehead atoms. The molecule has 1 N–H and O–H groups in total. The minimum absolute atomic E-state index is 0.171. The predicted octanol–water partition coefficient (Wildman–Crippen LogP) is 1.06. The van der Waals surface area contributed by atoms with Crippen molar-refractivity contribution in [2.45, 2.75) is 39.7 Å². The van der Waals surface area contributed by atoms with Crippen molar-refractivity contribution in [3.63, 3.8) is 0 Å². The standard InChI is InChI=1S/C12H23NO3S/c1-12(2,3)8-17(15,16)13-6-9-4-5-11(14)10(9)7-13/h9-11,14H,4-8H2,1-3H3. The second-order valence-corrected chi connectivity index (χ2v) is 8.67. The first-order chi connectivity index (χ1) is 7.69. The summed E-state index contributed by atoms with van der Waals surface area (Å²) in [7, 11) is -3.16. The normalized spacial score (nSPS) is 35.2. The van der Waals surface area contributed by atoms with Crippen LogP contribution in [0, 0.1) is 17.3 Å². The van der Waals surface area contributed by atoms with Gasteiger partial charge in [-0.2, -0.15) is 0 Å². The minimum atomic E-state index is -3.16. The summed E-state index contributed by atoms with van der Waals surface area (Å²) in [6, 6.07) is 0. The molecule has 3 unspecified atom stereocenters. The molecule has 17 heavy (non-hydrogen) atoms. The monoisotopic (exact) mass is 261 g/mol. The number of hydrogen-bond donors (Lipinski definition) is 1. The first-order valence-corrected chi connectivity index (χ1v) is 7.96. The SMILES string of the molecule is CC(C)(C)CS(=O)(=O)N1CC2CCC(O)C2C1. The molecule has 0 aromatic heterocycles. The van der Waals surface area contributed by atoms with E-state index < -0.39 is 10.0 Å². The van der Waals surface area contributed by atoms with E-state index in [4.69, 9.17) is 0 Å². The number of fused-ring (bicyclic) bond motifs is 1. The van der Waals surface area contributed by atoms with Crippen molar-refractivity contribution < 1.29 is 13.5 Å². The molecule has 2 rings (SSSR count). The van der Waals surface area contributed by atoms with E-state index in [-0.39, 0.29) is 23.2 Å². The third-order valence-corrected chi connectivity index (χ3v) is 6.11. The highest BCUT2D eigenvalue weighted by Gasteiger charge is 2.45. The van der Waals surface area contributed by atoms with E-state index in [1.165, 1.54) is 0 Å². The van der Waals surface area contributed by atoms with E-state index in [1.807, 2.05) is 20.8 Å². The number of rotatable bonds is 2. The lowest BCUT2D eigenvalue weighted by atomic mass is 10.00. The fourth-order valence-electron chi connectivity index (χ4n) is 3.06. The zero-order valence-corrected chi connectivity index (χ0v) is 11.7. The van der Waals surface area contributed by atoms with Gasteiger partial charge in [-0.05, 0) is 24.2 Å². The molecular formula is C12H23NO3S. The van der Waals surface area contributed by atoms with Gasteiger partial charge in [-0.15, -0.1) is 0 Å². The van der Waals surface area contributed by atoms with Crippen LogP contribution in [-0.4, -0.2) is 42.8 Å². The predicted molar refractivity (Wildman–Crippen MR) is 67.0 cm³/mol. The molecule has 2 aliphatic rings. The van der Waals surface area contributed by atoms with Crippen LogP contribution in [0.15, 0.2) is 0 Å². The summed E-state index contributed by atoms with van der Waals surface area (Å²) in [5.74, 6) is 0.736. The first-order valence-electron chi connectivity index (χ1n) is 6.35. The van der Waals surface area contributed by atoms with Gasteiger partial charge in [-0.3, -0.25) is 0 Å². The lowest BCUT2D eigenvalue weighted by Crippen LogP contribution is -2.36. The molecule has 0 spiro atoms. The summed E-state index contributed by atoms with van der Waals surface area (Å²) in [5.41, 5.74) is -0.213. The Kier molecular flexibility index (Phi) is 3.30. The van der Waals surface area contributed by atoms with Gasteiger partial charge in [0.1, 0.15) is 0 Å². The van der Waals surface area contributed by atoms with Gasteiger partial charge in [0.2, 0.25) is 10.0 Å². The summed E-state index contributed by atoms with van der Waals surface area (Å²) in [6.07, 6.45) is 1.51. The molecule has 1 aliphatic carbocycles. The molecule has 4 nitrogen and oxygen atoms in total. The third-order valence-electron chi connectivity index (χ3n) is 3.79. The van der Waals surface area contributed by atoms with Gasteiger partial charge in [0.25, 0.3) is 0 Å². The van der Waals surface area contributed by atoms with Crippen molar-refractivity contribution in [3.05, 3.63) is 0 Å². The molecule has 3 atom stereocenters. The largest absolute Gasteiger partial charge is 0.393 e. The van der Waals surface area contributed by atoms with Gasteiger partial charge in [-0.1, -0.05) is 20.8 Å². The number of nitrogens with zero attached hydrogens (tertiary/aromatic N) is 1. The Morgan fingerprint density at radius 2 is 1.88 bits per heavy atom. The Hall–Kier alpha value is -0.130. The van der Waals surface area contributed by atoms with Crippen LogP contribution >= 0.6 is 0 Å². The summed E-state index contributed by atoms with van der Waals surface area (Å²) in [6.45, 7) is 6.95. The summed E-state index contributed by atoms with van der Waals surface area (Å²) in [4.78, 5) is 0. The van der Waals surface area contributed by atoms with Crippen LogP contribution in [0.1, 0.15) is 33.6 Å². The highest BCUT2D eigenvalue weighted by Crippen LogP contribution is 2.39. The van der Waals surface area contributed by atoms with Crippen LogP contribution in [-0.2, 0) is 10.0 Å². The maximum atomic E-state index is 12.2. The van der Waals surface area contributed by atoms with Crippen LogP contribution < -0.4 is 0 Å². The molecule has 2 fully saturated rings. The Labute approximate surface area is 104 Å². The van der Waals surface area contributed by atoms with Crippen LogP contribution in [0.4, 0.5) is 0 Å². The molecule has 0 aromatic carbocycles. The Morgan fingerprint density at radius 3 is 2.41 bits per heavy atom. The van der Waals surface area contributed by atoms with Crippen molar-refractivity contribution in [2.24, 2.45) is 17.3 Å². The summed E-state index contributed by atoms with van der Waals surface area (Å²) in [5, 5.41) is 9.79. The van der Waals surface area contributed by atoms with E-state index in [2.05, 4.69) is 0 Å². The quantitative estimate of drug-likeness (QED) is 0.809. The fraction of sp³-hybridized carbons (Fsp3) is 1.00. The van der Waals surface area contributed by atoms with E-state index in [0.717, 1.165) is 12.8 Å². The second kappa shape index (κ2) is 4.21. The van der Waals surface area contributed by atoms with E-state index >= 15 is 0 Å². The van der Waals surface area contributed by atoms with Crippen LogP contribution in [0.25, 0.3) is 0 Å². The molecule has 0 amide bonds. The highest BCUT2D eigenvalue weighted by molar-refractivity contribution is 7.89. The van der Waals surface area contributed by atoms with Crippen molar-refractivity contribution >= 4 is 10.0 Å². The molecule has 100 valence electrons. The van der Waals surface area contributed by atoms with Crippen molar-refractivity contribution in [2.75, 3.05) is 18.8 Å². The summed E-state index contributed by atoms with van der Waals surface area (Å²) >= 11 is 0. The van der Waals surface area contributed by atoms with Gasteiger partial charge in [0.05, 0.1) is 11.9 Å². The maximum absolute atomic E-state index is 12.2. The van der Waals surface area contributed by atoms with Gasteiger partial charge in [0, 0.05) is 19.0 Å². The third kappa shape index (κ3) is 2.83. The first kappa shape index (κ1) is 13.3. The van der Waals surface area contributed by atoms with E-state index in [9.17, 15) is 13.5 Å². The molecule has 1 aliphatic heterocycles. The fourth-order valence-corrected chi connectivity index (χ4v) is 5.16. The molecule has 1 saturated heterocycles. The van der Waals surface area contributed by atoms with Crippen molar-refractivity contribution in [3.8, 4) is 0 Å². The van der Waals surface area contributed by atoms with Gasteiger partial charge >= 0.3 is 0 Å². The lowest BCUT2D eigenvalue weighted by Gasteiger charge is -2.24.